The molecule has 20 heavy (non-hydrogen) atoms. The predicted molar refractivity (Wildman–Crippen MR) is 72.4 cm³/mol. The van der Waals surface area contributed by atoms with Gasteiger partial charge in [-0.15, -0.1) is 0 Å². The summed E-state index contributed by atoms with van der Waals surface area (Å²) in [5, 5.41) is 4.12. The summed E-state index contributed by atoms with van der Waals surface area (Å²) < 4.78 is 7.08. The summed E-state index contributed by atoms with van der Waals surface area (Å²) in [5.41, 5.74) is 2.46. The van der Waals surface area contributed by atoms with Crippen LogP contribution in [0.25, 0.3) is 5.95 Å². The van der Waals surface area contributed by atoms with E-state index in [0.717, 1.165) is 13.1 Å². The fourth-order valence-corrected chi connectivity index (χ4v) is 2.05. The van der Waals surface area contributed by atoms with Crippen molar-refractivity contribution >= 4 is 11.9 Å². The van der Waals surface area contributed by atoms with E-state index in [0.29, 0.717) is 24.5 Å². The lowest BCUT2D eigenvalue weighted by atomic mass is 10.3. The molecule has 0 bridgehead atoms. The monoisotopic (exact) mass is 276 g/mol. The Labute approximate surface area is 115 Å². The van der Waals surface area contributed by atoms with Crippen molar-refractivity contribution in [2.75, 3.05) is 30.0 Å². The third-order valence-corrected chi connectivity index (χ3v) is 2.97. The Balaban J connectivity index is 1.96. The van der Waals surface area contributed by atoms with Crippen LogP contribution in [0.15, 0.2) is 18.5 Å². The molecule has 3 N–H and O–H groups in total. The summed E-state index contributed by atoms with van der Waals surface area (Å²) in [5.74, 6) is 6.71. The normalized spacial score (nSPS) is 19.1. The lowest BCUT2D eigenvalue weighted by molar-refractivity contribution is 0.0526. The maximum atomic E-state index is 5.52. The third-order valence-electron chi connectivity index (χ3n) is 2.97. The Morgan fingerprint density at radius 2 is 2.20 bits per heavy atom. The molecule has 3 heterocycles. The van der Waals surface area contributed by atoms with Crippen LogP contribution < -0.4 is 16.2 Å². The zero-order valence-corrected chi connectivity index (χ0v) is 11.1. The van der Waals surface area contributed by atoms with Gasteiger partial charge in [-0.05, 0) is 13.0 Å². The zero-order valence-electron chi connectivity index (χ0n) is 11.1. The van der Waals surface area contributed by atoms with Gasteiger partial charge in [0.15, 0.2) is 0 Å². The van der Waals surface area contributed by atoms with E-state index in [1.54, 1.807) is 23.1 Å². The third kappa shape index (κ3) is 2.53. The van der Waals surface area contributed by atoms with Crippen molar-refractivity contribution in [3.8, 4) is 5.95 Å². The van der Waals surface area contributed by atoms with Gasteiger partial charge in [-0.3, -0.25) is 5.43 Å². The number of nitrogen functional groups attached to an aromatic ring is 1. The largest absolute Gasteiger partial charge is 0.375 e. The van der Waals surface area contributed by atoms with Crippen molar-refractivity contribution in [2.45, 2.75) is 13.0 Å². The van der Waals surface area contributed by atoms with Crippen molar-refractivity contribution in [2.24, 2.45) is 5.84 Å². The summed E-state index contributed by atoms with van der Waals surface area (Å²) >= 11 is 0. The first kappa shape index (κ1) is 12.8. The molecule has 106 valence electrons. The molecule has 9 nitrogen and oxygen atoms in total. The van der Waals surface area contributed by atoms with Crippen LogP contribution >= 0.6 is 0 Å². The van der Waals surface area contributed by atoms with Gasteiger partial charge in [-0.2, -0.15) is 20.1 Å². The molecule has 0 aromatic carbocycles. The Bertz CT molecular complexity index is 572. The molecule has 2 aromatic heterocycles. The smallest absolute Gasteiger partial charge is 0.257 e. The summed E-state index contributed by atoms with van der Waals surface area (Å²) in [6.45, 7) is 4.13. The Kier molecular flexibility index (Phi) is 3.44. The van der Waals surface area contributed by atoms with Gasteiger partial charge in [-0.1, -0.05) is 0 Å². The van der Waals surface area contributed by atoms with Gasteiger partial charge < -0.3 is 9.64 Å². The molecule has 3 rings (SSSR count). The van der Waals surface area contributed by atoms with Crippen molar-refractivity contribution < 1.29 is 4.74 Å². The molecule has 1 unspecified atom stereocenters. The van der Waals surface area contributed by atoms with Gasteiger partial charge in [0.2, 0.25) is 11.9 Å². The van der Waals surface area contributed by atoms with Gasteiger partial charge >= 0.3 is 0 Å². The second kappa shape index (κ2) is 5.39. The number of hydrogen-bond acceptors (Lipinski definition) is 8. The minimum atomic E-state index is 0.142. The van der Waals surface area contributed by atoms with Crippen LogP contribution in [0.4, 0.5) is 11.9 Å². The van der Waals surface area contributed by atoms with Gasteiger partial charge in [0.25, 0.3) is 5.95 Å². The molecule has 9 heteroatoms. The SMILES string of the molecule is CC1CN(c2nc(NN)nc(-n3cccn3)n2)CCO1. The van der Waals surface area contributed by atoms with E-state index in [2.05, 4.69) is 25.5 Å². The molecule has 1 aliphatic heterocycles. The maximum Gasteiger partial charge on any atom is 0.257 e. The number of aromatic nitrogens is 5. The summed E-state index contributed by atoms with van der Waals surface area (Å²) in [4.78, 5) is 15.0. The molecule has 1 atom stereocenters. The number of rotatable bonds is 3. The molecule has 0 radical (unpaired) electrons. The highest BCUT2D eigenvalue weighted by molar-refractivity contribution is 5.39. The average molecular weight is 276 g/mol. The van der Waals surface area contributed by atoms with Crippen LogP contribution in [0.2, 0.25) is 0 Å². The van der Waals surface area contributed by atoms with Gasteiger partial charge in [0.05, 0.1) is 12.7 Å². The summed E-state index contributed by atoms with van der Waals surface area (Å²) in [7, 11) is 0. The van der Waals surface area contributed by atoms with Crippen LogP contribution in [0.5, 0.6) is 0 Å². The topological polar surface area (TPSA) is 107 Å². The van der Waals surface area contributed by atoms with E-state index in [9.17, 15) is 0 Å². The van der Waals surface area contributed by atoms with E-state index < -0.39 is 0 Å². The van der Waals surface area contributed by atoms with Gasteiger partial charge in [-0.25, -0.2) is 10.5 Å². The van der Waals surface area contributed by atoms with Crippen LogP contribution in [0, 0.1) is 0 Å². The fourth-order valence-electron chi connectivity index (χ4n) is 2.05. The van der Waals surface area contributed by atoms with Crippen molar-refractivity contribution in [1.29, 1.82) is 0 Å². The highest BCUT2D eigenvalue weighted by atomic mass is 16.5. The molecule has 0 aliphatic carbocycles. The number of nitrogens with zero attached hydrogens (tertiary/aromatic N) is 6. The van der Waals surface area contributed by atoms with Gasteiger partial charge in [0.1, 0.15) is 0 Å². The number of nitrogens with two attached hydrogens (primary N) is 1. The van der Waals surface area contributed by atoms with E-state index in [4.69, 9.17) is 10.6 Å². The first-order chi connectivity index (χ1) is 9.76. The number of hydrazine groups is 1. The number of hydrogen-bond donors (Lipinski definition) is 2. The van der Waals surface area contributed by atoms with E-state index in [1.165, 1.54) is 0 Å². The van der Waals surface area contributed by atoms with Gasteiger partial charge in [0, 0.05) is 25.5 Å². The second-order valence-electron chi connectivity index (χ2n) is 4.48. The van der Waals surface area contributed by atoms with Crippen molar-refractivity contribution in [1.82, 2.24) is 24.7 Å². The molecule has 1 fully saturated rings. The quantitative estimate of drug-likeness (QED) is 0.574. The fraction of sp³-hybridized carbons (Fsp3) is 0.455. The molecular formula is C11H16N8O. The van der Waals surface area contributed by atoms with Crippen LogP contribution in [-0.4, -0.2) is 50.5 Å². The average Bonchev–Trinajstić information content (AvgIpc) is 3.01. The highest BCUT2D eigenvalue weighted by Gasteiger charge is 2.20. The Morgan fingerprint density at radius 1 is 1.35 bits per heavy atom. The van der Waals surface area contributed by atoms with E-state index in [1.807, 2.05) is 11.8 Å². The van der Waals surface area contributed by atoms with E-state index in [-0.39, 0.29) is 6.10 Å². The number of ether oxygens (including phenoxy) is 1. The number of morpholine rings is 1. The molecule has 2 aromatic rings. The predicted octanol–water partition coefficient (Wildman–Crippen LogP) is -0.432. The molecule has 1 saturated heterocycles. The minimum absolute atomic E-state index is 0.142. The molecular weight excluding hydrogens is 260 g/mol. The van der Waals surface area contributed by atoms with Crippen LogP contribution in [0.1, 0.15) is 6.92 Å². The van der Waals surface area contributed by atoms with Crippen LogP contribution in [-0.2, 0) is 4.74 Å². The van der Waals surface area contributed by atoms with E-state index >= 15 is 0 Å². The first-order valence-corrected chi connectivity index (χ1v) is 6.35. The molecule has 1 aliphatic rings. The molecule has 0 spiro atoms. The summed E-state index contributed by atoms with van der Waals surface area (Å²) in [6, 6.07) is 1.80. The summed E-state index contributed by atoms with van der Waals surface area (Å²) in [6.07, 6.45) is 3.57. The molecule has 0 amide bonds. The maximum absolute atomic E-state index is 5.52. The zero-order chi connectivity index (χ0) is 13.9. The Morgan fingerprint density at radius 3 is 2.90 bits per heavy atom. The van der Waals surface area contributed by atoms with Crippen LogP contribution in [0.3, 0.4) is 0 Å². The van der Waals surface area contributed by atoms with Crippen molar-refractivity contribution in [3.63, 3.8) is 0 Å². The number of anilines is 2. The minimum Gasteiger partial charge on any atom is -0.375 e. The lowest BCUT2D eigenvalue weighted by Crippen LogP contribution is -2.42. The second-order valence-corrected chi connectivity index (χ2v) is 4.48. The standard InChI is InChI=1S/C11H16N8O/c1-8-7-18(5-6-20-8)10-14-9(17-12)15-11(16-10)19-4-2-3-13-19/h2-4,8H,5-7,12H2,1H3,(H,14,15,16,17). The lowest BCUT2D eigenvalue weighted by Gasteiger charge is -2.31. The van der Waals surface area contributed by atoms with Crippen molar-refractivity contribution in [3.05, 3.63) is 18.5 Å². The highest BCUT2D eigenvalue weighted by Crippen LogP contribution is 2.15. The molecule has 0 saturated carbocycles. The first-order valence-electron chi connectivity index (χ1n) is 6.35. The Hall–Kier alpha value is -2.26. The number of nitrogens with one attached hydrogen (secondary N) is 1.